The second kappa shape index (κ2) is 6.62. The fourth-order valence-corrected chi connectivity index (χ4v) is 6.34. The molecule has 2 unspecified atom stereocenters. The Labute approximate surface area is 168 Å². The minimum absolute atomic E-state index is 0.710. The minimum Gasteiger partial charge on any atom is -0.355 e. The summed E-state index contributed by atoms with van der Waals surface area (Å²) in [7, 11) is 0. The summed E-state index contributed by atoms with van der Waals surface area (Å²) >= 11 is 1.87. The van der Waals surface area contributed by atoms with Crippen molar-refractivity contribution in [3.05, 3.63) is 41.2 Å². The van der Waals surface area contributed by atoms with Gasteiger partial charge in [0.15, 0.2) is 5.82 Å². The second-order valence-electron chi connectivity index (χ2n) is 8.22. The van der Waals surface area contributed by atoms with Crippen LogP contribution in [0.5, 0.6) is 0 Å². The van der Waals surface area contributed by atoms with Gasteiger partial charge in [0.25, 0.3) is 0 Å². The number of fused-ring (bicyclic) bond motifs is 4. The van der Waals surface area contributed by atoms with Gasteiger partial charge in [-0.25, -0.2) is 15.0 Å². The molecule has 2 atom stereocenters. The number of rotatable bonds is 2. The lowest BCUT2D eigenvalue weighted by Crippen LogP contribution is -2.22. The molecule has 3 aromatic heterocycles. The van der Waals surface area contributed by atoms with Crippen molar-refractivity contribution >= 4 is 27.4 Å². The van der Waals surface area contributed by atoms with Crippen LogP contribution in [0, 0.1) is 11.8 Å². The molecule has 1 aliphatic heterocycles. The molecule has 0 bridgehead atoms. The Hall–Kier alpha value is -2.34. The van der Waals surface area contributed by atoms with Crippen LogP contribution >= 0.6 is 11.3 Å². The van der Waals surface area contributed by atoms with Gasteiger partial charge in [-0.15, -0.1) is 11.3 Å². The van der Waals surface area contributed by atoms with E-state index < -0.39 is 0 Å². The molecule has 1 saturated heterocycles. The lowest BCUT2D eigenvalue weighted by Gasteiger charge is -2.20. The number of hydrogen-bond donors (Lipinski definition) is 0. The third kappa shape index (κ3) is 2.65. The molecule has 1 fully saturated rings. The van der Waals surface area contributed by atoms with Crippen molar-refractivity contribution in [3.63, 3.8) is 0 Å². The fourth-order valence-electron chi connectivity index (χ4n) is 5.08. The molecule has 28 heavy (non-hydrogen) atoms. The number of thiophene rings is 1. The molecule has 0 aromatic carbocycles. The van der Waals surface area contributed by atoms with Gasteiger partial charge in [0.05, 0.1) is 11.6 Å². The van der Waals surface area contributed by atoms with E-state index in [2.05, 4.69) is 27.0 Å². The van der Waals surface area contributed by atoms with Crippen molar-refractivity contribution in [2.24, 2.45) is 11.8 Å². The average molecular weight is 390 g/mol. The molecule has 0 radical (unpaired) electrons. The summed E-state index contributed by atoms with van der Waals surface area (Å²) in [6, 6.07) is 0. The smallest absolute Gasteiger partial charge is 0.183 e. The molecule has 3 aliphatic rings. The molecule has 5 nitrogen and oxygen atoms in total. The summed E-state index contributed by atoms with van der Waals surface area (Å²) < 4.78 is 0. The van der Waals surface area contributed by atoms with Gasteiger partial charge in [0.1, 0.15) is 16.3 Å². The van der Waals surface area contributed by atoms with Crippen LogP contribution in [0.25, 0.3) is 21.7 Å². The lowest BCUT2D eigenvalue weighted by atomic mass is 9.86. The Morgan fingerprint density at radius 3 is 2.57 bits per heavy atom. The normalized spacial score (nSPS) is 23.8. The minimum atomic E-state index is 0.710. The van der Waals surface area contributed by atoms with Gasteiger partial charge in [0.2, 0.25) is 0 Å². The lowest BCUT2D eigenvalue weighted by molar-refractivity contribution is 0.411. The molecular formula is C22H23N5S. The van der Waals surface area contributed by atoms with Crippen molar-refractivity contribution < 1.29 is 0 Å². The zero-order valence-electron chi connectivity index (χ0n) is 15.8. The summed E-state index contributed by atoms with van der Waals surface area (Å²) in [5.74, 6) is 3.36. The molecule has 6 heteroatoms. The third-order valence-electron chi connectivity index (χ3n) is 6.51. The number of anilines is 1. The highest BCUT2D eigenvalue weighted by Gasteiger charge is 2.35. The van der Waals surface area contributed by atoms with Crippen LogP contribution in [0.3, 0.4) is 0 Å². The van der Waals surface area contributed by atoms with E-state index in [1.54, 1.807) is 18.6 Å². The quantitative estimate of drug-likeness (QED) is 0.607. The molecule has 142 valence electrons. The Kier molecular flexibility index (Phi) is 3.93. The molecule has 0 saturated carbocycles. The first-order chi connectivity index (χ1) is 13.9. The highest BCUT2D eigenvalue weighted by atomic mass is 32.1. The van der Waals surface area contributed by atoms with E-state index in [1.165, 1.54) is 54.4 Å². The number of aryl methyl sites for hydroxylation is 2. The van der Waals surface area contributed by atoms with Crippen LogP contribution in [0.4, 0.5) is 5.82 Å². The van der Waals surface area contributed by atoms with E-state index in [4.69, 9.17) is 9.97 Å². The van der Waals surface area contributed by atoms with Crippen molar-refractivity contribution in [2.75, 3.05) is 18.0 Å². The van der Waals surface area contributed by atoms with Gasteiger partial charge in [-0.05, 0) is 55.9 Å². The average Bonchev–Trinajstić information content (AvgIpc) is 3.35. The molecule has 2 aliphatic carbocycles. The highest BCUT2D eigenvalue weighted by Crippen LogP contribution is 2.43. The summed E-state index contributed by atoms with van der Waals surface area (Å²) in [6.07, 6.45) is 17.2. The van der Waals surface area contributed by atoms with E-state index in [0.717, 1.165) is 41.3 Å². The Balaban J connectivity index is 1.52. The zero-order valence-corrected chi connectivity index (χ0v) is 16.7. The van der Waals surface area contributed by atoms with E-state index in [1.807, 2.05) is 11.3 Å². The largest absolute Gasteiger partial charge is 0.355 e. The molecule has 0 N–H and O–H groups in total. The molecule has 6 rings (SSSR count). The van der Waals surface area contributed by atoms with Gasteiger partial charge in [-0.1, -0.05) is 12.2 Å². The van der Waals surface area contributed by atoms with E-state index in [0.29, 0.717) is 5.82 Å². The Morgan fingerprint density at radius 1 is 0.964 bits per heavy atom. The summed E-state index contributed by atoms with van der Waals surface area (Å²) in [5.41, 5.74) is 2.27. The summed E-state index contributed by atoms with van der Waals surface area (Å²) in [6.45, 7) is 2.21. The van der Waals surface area contributed by atoms with Gasteiger partial charge in [-0.3, -0.25) is 4.98 Å². The van der Waals surface area contributed by atoms with E-state index in [9.17, 15) is 0 Å². The second-order valence-corrected chi connectivity index (χ2v) is 9.30. The first-order valence-corrected chi connectivity index (χ1v) is 11.2. The van der Waals surface area contributed by atoms with Gasteiger partial charge in [-0.2, -0.15) is 0 Å². The predicted molar refractivity (Wildman–Crippen MR) is 113 cm³/mol. The van der Waals surface area contributed by atoms with Crippen LogP contribution in [-0.4, -0.2) is 33.0 Å². The van der Waals surface area contributed by atoms with Crippen LogP contribution in [-0.2, 0) is 12.8 Å². The fraction of sp³-hybridized carbons (Fsp3) is 0.455. The molecule has 3 aromatic rings. The van der Waals surface area contributed by atoms with Crippen LogP contribution < -0.4 is 4.90 Å². The topological polar surface area (TPSA) is 54.8 Å². The molecule has 4 heterocycles. The van der Waals surface area contributed by atoms with E-state index in [-0.39, 0.29) is 0 Å². The van der Waals surface area contributed by atoms with Crippen molar-refractivity contribution in [2.45, 2.75) is 38.5 Å². The molecule has 0 amide bonds. The highest BCUT2D eigenvalue weighted by molar-refractivity contribution is 7.19. The SMILES string of the molecule is C1=CCC2CN(c3nc(-c4cnccn4)nc4sc5c(c34)CCCC5)CC2C1. The Bertz CT molecular complexity index is 1040. The van der Waals surface area contributed by atoms with Gasteiger partial charge < -0.3 is 4.90 Å². The number of nitrogens with zero attached hydrogens (tertiary/aromatic N) is 5. The maximum absolute atomic E-state index is 5.09. The predicted octanol–water partition coefficient (Wildman–Crippen LogP) is 4.43. The maximum atomic E-state index is 5.09. The summed E-state index contributed by atoms with van der Waals surface area (Å²) in [5, 5.41) is 1.32. The monoisotopic (exact) mass is 389 g/mol. The number of hydrogen-bond acceptors (Lipinski definition) is 6. The molecule has 0 spiro atoms. The van der Waals surface area contributed by atoms with Crippen LogP contribution in [0.2, 0.25) is 0 Å². The maximum Gasteiger partial charge on any atom is 0.183 e. The number of aromatic nitrogens is 4. The standard InChI is InChI=1S/C22H23N5S/c1-2-6-15-13-27(12-14(15)5-1)21-19-16-7-3-4-8-18(16)28-22(19)26-20(25-21)17-11-23-9-10-24-17/h1-2,9-11,14-15H,3-8,12-13H2. The van der Waals surface area contributed by atoms with Gasteiger partial charge in [0, 0.05) is 30.4 Å². The van der Waals surface area contributed by atoms with E-state index >= 15 is 0 Å². The Morgan fingerprint density at radius 2 is 1.79 bits per heavy atom. The summed E-state index contributed by atoms with van der Waals surface area (Å²) in [4.78, 5) is 23.9. The third-order valence-corrected chi connectivity index (χ3v) is 7.69. The van der Waals surface area contributed by atoms with Crippen molar-refractivity contribution in [1.29, 1.82) is 0 Å². The van der Waals surface area contributed by atoms with Crippen molar-refractivity contribution in [3.8, 4) is 11.5 Å². The number of allylic oxidation sites excluding steroid dienone is 2. The molecular weight excluding hydrogens is 366 g/mol. The first-order valence-electron chi connectivity index (χ1n) is 10.4. The first kappa shape index (κ1) is 16.6. The van der Waals surface area contributed by atoms with Crippen molar-refractivity contribution in [1.82, 2.24) is 19.9 Å². The zero-order chi connectivity index (χ0) is 18.5. The van der Waals surface area contributed by atoms with Crippen LogP contribution in [0.1, 0.15) is 36.1 Å². The van der Waals surface area contributed by atoms with Gasteiger partial charge >= 0.3 is 0 Å². The van der Waals surface area contributed by atoms with Crippen LogP contribution in [0.15, 0.2) is 30.7 Å².